The lowest BCUT2D eigenvalue weighted by atomic mass is 9.70. The lowest BCUT2D eigenvalue weighted by Crippen LogP contribution is -2.54. The molecule has 1 amide bonds. The van der Waals surface area contributed by atoms with Gasteiger partial charge in [-0.05, 0) is 58.7 Å². The molecule has 1 spiro atoms. The fourth-order valence-electron chi connectivity index (χ4n) is 7.61. The Kier molecular flexibility index (Phi) is 8.77. The number of benzene rings is 4. The van der Waals surface area contributed by atoms with Gasteiger partial charge in [-0.3, -0.25) is 14.5 Å². The number of hydrogen-bond acceptors (Lipinski definition) is 7. The summed E-state index contributed by atoms with van der Waals surface area (Å²) in [6, 6.07) is 33.4. The first-order valence-electron chi connectivity index (χ1n) is 16.0. The van der Waals surface area contributed by atoms with Crippen LogP contribution in [0.15, 0.2) is 115 Å². The van der Waals surface area contributed by atoms with Crippen molar-refractivity contribution >= 4 is 47.3 Å². The van der Waals surface area contributed by atoms with E-state index in [2.05, 4.69) is 17.0 Å². The first kappa shape index (κ1) is 31.7. The standard InChI is InChI=1S/C40H36N2O5S/c1-46-31-18-13-29(14-19-31)24-41-33-20-15-28(17-22-36(44)47-2)23-32(33)40(39(41)45)38(35(43)21-16-27-9-5-3-6-10-27)37(30-11-7-4-8-12-30)34-25-48-26-42(34)40/h3-23,34,37-38H,24-26H2,1-2H3/b21-16+,22-17+/t34-,37-,38+,40?/m0/s1. The smallest absolute Gasteiger partial charge is 0.330 e. The molecule has 4 aromatic rings. The zero-order valence-corrected chi connectivity index (χ0v) is 27.6. The first-order valence-corrected chi connectivity index (χ1v) is 17.1. The molecule has 0 N–H and O–H groups in total. The largest absolute Gasteiger partial charge is 0.497 e. The number of amides is 1. The molecule has 8 heteroatoms. The monoisotopic (exact) mass is 656 g/mol. The van der Waals surface area contributed by atoms with E-state index < -0.39 is 17.4 Å². The third-order valence-corrected chi connectivity index (χ3v) is 10.8. The Morgan fingerprint density at radius 2 is 1.58 bits per heavy atom. The number of carbonyl (C=O) groups excluding carboxylic acids is 3. The lowest BCUT2D eigenvalue weighted by molar-refractivity contribution is -0.136. The van der Waals surface area contributed by atoms with Gasteiger partial charge in [0.2, 0.25) is 0 Å². The molecular weight excluding hydrogens is 621 g/mol. The molecule has 7 nitrogen and oxygen atoms in total. The minimum atomic E-state index is -1.26. The van der Waals surface area contributed by atoms with Gasteiger partial charge in [0.1, 0.15) is 11.3 Å². The fourth-order valence-corrected chi connectivity index (χ4v) is 8.93. The van der Waals surface area contributed by atoms with Gasteiger partial charge >= 0.3 is 5.97 Å². The maximum absolute atomic E-state index is 15.4. The number of ketones is 1. The molecule has 4 aromatic carbocycles. The highest BCUT2D eigenvalue weighted by Crippen LogP contribution is 2.62. The number of esters is 1. The summed E-state index contributed by atoms with van der Waals surface area (Å²) in [6.45, 7) is 0.331. The predicted molar refractivity (Wildman–Crippen MR) is 189 cm³/mol. The molecule has 48 heavy (non-hydrogen) atoms. The second kappa shape index (κ2) is 13.3. The number of anilines is 1. The van der Waals surface area contributed by atoms with Crippen molar-refractivity contribution in [2.45, 2.75) is 24.0 Å². The van der Waals surface area contributed by atoms with Crippen molar-refractivity contribution in [3.8, 4) is 5.75 Å². The molecule has 3 aliphatic rings. The zero-order valence-electron chi connectivity index (χ0n) is 26.8. The third-order valence-electron chi connectivity index (χ3n) is 9.73. The van der Waals surface area contributed by atoms with Gasteiger partial charge in [-0.15, -0.1) is 11.8 Å². The van der Waals surface area contributed by atoms with Crippen LogP contribution in [-0.4, -0.2) is 54.5 Å². The summed E-state index contributed by atoms with van der Waals surface area (Å²) in [5.41, 5.74) is 3.94. The van der Waals surface area contributed by atoms with E-state index in [0.29, 0.717) is 12.4 Å². The zero-order chi connectivity index (χ0) is 33.3. The summed E-state index contributed by atoms with van der Waals surface area (Å²) in [5, 5.41) is 0. The van der Waals surface area contributed by atoms with E-state index in [0.717, 1.165) is 45.0 Å². The van der Waals surface area contributed by atoms with E-state index in [9.17, 15) is 9.59 Å². The van der Waals surface area contributed by atoms with Gasteiger partial charge in [-0.25, -0.2) is 4.79 Å². The second-order valence-electron chi connectivity index (χ2n) is 12.2. The number of thioether (sulfide) groups is 1. The summed E-state index contributed by atoms with van der Waals surface area (Å²) in [4.78, 5) is 46.5. The number of ether oxygens (including phenoxy) is 2. The number of fused-ring (bicyclic) bond motifs is 4. The van der Waals surface area contributed by atoms with E-state index in [1.54, 1.807) is 31.0 Å². The van der Waals surface area contributed by atoms with Crippen molar-refractivity contribution in [1.82, 2.24) is 4.90 Å². The van der Waals surface area contributed by atoms with Crippen molar-refractivity contribution in [3.05, 3.63) is 143 Å². The molecule has 242 valence electrons. The first-order chi connectivity index (χ1) is 23.4. The summed E-state index contributed by atoms with van der Waals surface area (Å²) in [6.07, 6.45) is 6.58. The Balaban J connectivity index is 1.43. The molecule has 2 fully saturated rings. The number of allylic oxidation sites excluding steroid dienone is 1. The van der Waals surface area contributed by atoms with E-state index in [4.69, 9.17) is 9.47 Å². The number of nitrogens with zero attached hydrogens (tertiary/aromatic N) is 2. The van der Waals surface area contributed by atoms with Crippen molar-refractivity contribution in [2.24, 2.45) is 5.92 Å². The molecule has 0 aromatic heterocycles. The Morgan fingerprint density at radius 1 is 0.875 bits per heavy atom. The van der Waals surface area contributed by atoms with Gasteiger partial charge in [0, 0.05) is 40.9 Å². The van der Waals surface area contributed by atoms with Crippen molar-refractivity contribution < 1.29 is 23.9 Å². The number of rotatable bonds is 9. The van der Waals surface area contributed by atoms with E-state index >= 15 is 4.79 Å². The highest BCUT2D eigenvalue weighted by molar-refractivity contribution is 7.99. The van der Waals surface area contributed by atoms with Crippen LogP contribution in [0.3, 0.4) is 0 Å². The Labute approximate surface area is 284 Å². The second-order valence-corrected chi connectivity index (χ2v) is 13.2. The molecule has 0 saturated carbocycles. The number of hydrogen-bond donors (Lipinski definition) is 0. The summed E-state index contributed by atoms with van der Waals surface area (Å²) in [5.74, 6) is 0.564. The predicted octanol–water partition coefficient (Wildman–Crippen LogP) is 6.69. The molecule has 0 bridgehead atoms. The van der Waals surface area contributed by atoms with Gasteiger partial charge in [0.25, 0.3) is 5.91 Å². The van der Waals surface area contributed by atoms with Crippen LogP contribution in [0.2, 0.25) is 0 Å². The van der Waals surface area contributed by atoms with Crippen LogP contribution in [0.4, 0.5) is 5.69 Å². The van der Waals surface area contributed by atoms with Crippen LogP contribution in [-0.2, 0) is 31.2 Å². The van der Waals surface area contributed by atoms with Crippen LogP contribution in [0.1, 0.15) is 33.7 Å². The Morgan fingerprint density at radius 3 is 2.29 bits per heavy atom. The quantitative estimate of drug-likeness (QED) is 0.147. The minimum absolute atomic E-state index is 0.0384. The van der Waals surface area contributed by atoms with Crippen LogP contribution in [0.25, 0.3) is 12.2 Å². The summed E-state index contributed by atoms with van der Waals surface area (Å²) in [7, 11) is 2.97. The van der Waals surface area contributed by atoms with Crippen molar-refractivity contribution in [3.63, 3.8) is 0 Å². The lowest BCUT2D eigenvalue weighted by Gasteiger charge is -2.37. The SMILES string of the molecule is COC(=O)/C=C/c1ccc2c(c1)C1(C(=O)N2Cc2ccc(OC)cc2)[C@H](C(=O)/C=C/c2ccccc2)[C@@H](c2ccccc2)[C@@H]2CSCN21. The maximum atomic E-state index is 15.4. The molecule has 2 saturated heterocycles. The third kappa shape index (κ3) is 5.45. The van der Waals surface area contributed by atoms with Gasteiger partial charge < -0.3 is 14.4 Å². The van der Waals surface area contributed by atoms with E-state index in [1.807, 2.05) is 102 Å². The molecular formula is C40H36N2O5S. The van der Waals surface area contributed by atoms with Gasteiger partial charge in [0.05, 0.1) is 26.7 Å². The van der Waals surface area contributed by atoms with Gasteiger partial charge in [-0.2, -0.15) is 0 Å². The highest BCUT2D eigenvalue weighted by atomic mass is 32.2. The molecule has 7 rings (SSSR count). The molecule has 1 unspecified atom stereocenters. The Hall–Kier alpha value is -4.92. The molecule has 3 aliphatic heterocycles. The average molecular weight is 657 g/mol. The summed E-state index contributed by atoms with van der Waals surface area (Å²) >= 11 is 1.79. The molecule has 4 atom stereocenters. The fraction of sp³-hybridized carbons (Fsp3) is 0.225. The molecule has 0 radical (unpaired) electrons. The summed E-state index contributed by atoms with van der Waals surface area (Å²) < 4.78 is 10.2. The Bertz CT molecular complexity index is 1890. The van der Waals surface area contributed by atoms with Crippen LogP contribution >= 0.6 is 11.8 Å². The normalized spacial score (nSPS) is 23.2. The van der Waals surface area contributed by atoms with E-state index in [1.165, 1.54) is 13.2 Å². The van der Waals surface area contributed by atoms with Crippen molar-refractivity contribution in [2.75, 3.05) is 30.7 Å². The highest BCUT2D eigenvalue weighted by Gasteiger charge is 2.70. The maximum Gasteiger partial charge on any atom is 0.330 e. The molecule has 0 aliphatic carbocycles. The van der Waals surface area contributed by atoms with Crippen molar-refractivity contribution in [1.29, 1.82) is 0 Å². The van der Waals surface area contributed by atoms with Crippen LogP contribution in [0, 0.1) is 5.92 Å². The average Bonchev–Trinajstić information content (AvgIpc) is 3.79. The topological polar surface area (TPSA) is 76.1 Å². The number of methoxy groups -OCH3 is 2. The van der Waals surface area contributed by atoms with Gasteiger partial charge in [-0.1, -0.05) is 84.9 Å². The minimum Gasteiger partial charge on any atom is -0.497 e. The molecule has 3 heterocycles. The van der Waals surface area contributed by atoms with Crippen LogP contribution < -0.4 is 9.64 Å². The van der Waals surface area contributed by atoms with E-state index in [-0.39, 0.29) is 23.7 Å². The number of carbonyl (C=O) groups is 3. The van der Waals surface area contributed by atoms with Crippen LogP contribution in [0.5, 0.6) is 5.75 Å². The van der Waals surface area contributed by atoms with Gasteiger partial charge in [0.15, 0.2) is 5.78 Å².